The van der Waals surface area contributed by atoms with Crippen molar-refractivity contribution in [1.29, 1.82) is 0 Å². The minimum absolute atomic E-state index is 0.100. The third-order valence-electron chi connectivity index (χ3n) is 3.12. The van der Waals surface area contributed by atoms with Gasteiger partial charge in [0.2, 0.25) is 0 Å². The van der Waals surface area contributed by atoms with Gasteiger partial charge in [-0.25, -0.2) is 0 Å². The molecule has 3 aromatic rings. The first-order chi connectivity index (χ1) is 11.0. The fraction of sp³-hybridized carbons (Fsp3) is 0.0625. The zero-order chi connectivity index (χ0) is 16.3. The van der Waals surface area contributed by atoms with Crippen LogP contribution in [0.5, 0.6) is 0 Å². The molecule has 0 atom stereocenters. The lowest BCUT2D eigenvalue weighted by molar-refractivity contribution is -0.136. The zero-order valence-electron chi connectivity index (χ0n) is 11.7. The van der Waals surface area contributed by atoms with Crippen LogP contribution in [-0.4, -0.2) is 16.2 Å². The van der Waals surface area contributed by atoms with E-state index in [0.29, 0.717) is 11.1 Å². The van der Waals surface area contributed by atoms with Crippen LogP contribution in [-0.2, 0) is 6.18 Å². The molecule has 1 aromatic heterocycles. The average molecular weight is 316 g/mol. The van der Waals surface area contributed by atoms with E-state index in [1.807, 2.05) is 0 Å². The molecule has 0 bridgehead atoms. The number of hydrogen-bond acceptors (Lipinski definition) is 4. The van der Waals surface area contributed by atoms with Gasteiger partial charge >= 0.3 is 6.18 Å². The van der Waals surface area contributed by atoms with E-state index in [-0.39, 0.29) is 5.69 Å². The number of anilines is 1. The summed E-state index contributed by atoms with van der Waals surface area (Å²) < 4.78 is 38.6. The van der Waals surface area contributed by atoms with Gasteiger partial charge in [0.15, 0.2) is 0 Å². The fourth-order valence-corrected chi connectivity index (χ4v) is 2.06. The molecule has 116 valence electrons. The number of aromatic nitrogens is 2. The van der Waals surface area contributed by atoms with Gasteiger partial charge in [0, 0.05) is 12.4 Å². The zero-order valence-corrected chi connectivity index (χ0v) is 11.7. The Hall–Kier alpha value is -2.96. The van der Waals surface area contributed by atoms with Crippen LogP contribution in [0.15, 0.2) is 60.0 Å². The van der Waals surface area contributed by atoms with E-state index < -0.39 is 11.7 Å². The summed E-state index contributed by atoms with van der Waals surface area (Å²) in [4.78, 5) is 8.30. The first-order valence-electron chi connectivity index (χ1n) is 6.70. The highest BCUT2D eigenvalue weighted by Crippen LogP contribution is 2.34. The number of fused-ring (bicyclic) bond motifs is 1. The summed E-state index contributed by atoms with van der Waals surface area (Å²) in [5.74, 6) is 0. The van der Waals surface area contributed by atoms with Crippen LogP contribution in [0, 0.1) is 0 Å². The van der Waals surface area contributed by atoms with Crippen LogP contribution in [0.25, 0.3) is 11.0 Å². The minimum Gasteiger partial charge on any atom is -0.278 e. The van der Waals surface area contributed by atoms with Crippen molar-refractivity contribution in [3.05, 3.63) is 66.0 Å². The monoisotopic (exact) mass is 316 g/mol. The Labute approximate surface area is 129 Å². The number of hydrazone groups is 1. The van der Waals surface area contributed by atoms with Crippen molar-refractivity contribution in [1.82, 2.24) is 9.97 Å². The Morgan fingerprint density at radius 3 is 2.48 bits per heavy atom. The van der Waals surface area contributed by atoms with Gasteiger partial charge in [-0.15, -0.1) is 0 Å². The maximum atomic E-state index is 12.9. The second-order valence-electron chi connectivity index (χ2n) is 4.72. The van der Waals surface area contributed by atoms with E-state index in [1.165, 1.54) is 24.4 Å². The van der Waals surface area contributed by atoms with Crippen LogP contribution in [0.2, 0.25) is 0 Å². The number of nitrogens with one attached hydrogen (secondary N) is 1. The van der Waals surface area contributed by atoms with Crippen molar-refractivity contribution in [3.63, 3.8) is 0 Å². The van der Waals surface area contributed by atoms with E-state index in [2.05, 4.69) is 20.5 Å². The number of para-hydroxylation sites is 1. The highest BCUT2D eigenvalue weighted by Gasteiger charge is 2.33. The Morgan fingerprint density at radius 1 is 0.957 bits per heavy atom. The van der Waals surface area contributed by atoms with Crippen molar-refractivity contribution >= 4 is 22.9 Å². The SMILES string of the molecule is FC(F)(F)c1ccccc1NN=Cc1ccc2nccnc2c1. The number of halogens is 3. The third kappa shape index (κ3) is 3.45. The molecule has 0 spiro atoms. The number of benzene rings is 2. The van der Waals surface area contributed by atoms with Crippen molar-refractivity contribution in [2.75, 3.05) is 5.43 Å². The van der Waals surface area contributed by atoms with Crippen LogP contribution >= 0.6 is 0 Å². The largest absolute Gasteiger partial charge is 0.418 e. The Kier molecular flexibility index (Phi) is 3.92. The lowest BCUT2D eigenvalue weighted by Gasteiger charge is -2.11. The molecule has 0 aliphatic rings. The third-order valence-corrected chi connectivity index (χ3v) is 3.12. The second-order valence-corrected chi connectivity index (χ2v) is 4.72. The first kappa shape index (κ1) is 15.0. The van der Waals surface area contributed by atoms with Gasteiger partial charge in [0.25, 0.3) is 0 Å². The first-order valence-corrected chi connectivity index (χ1v) is 6.70. The molecule has 4 nitrogen and oxygen atoms in total. The quantitative estimate of drug-likeness (QED) is 0.585. The predicted octanol–water partition coefficient (Wildman–Crippen LogP) is 4.09. The Morgan fingerprint density at radius 2 is 1.70 bits per heavy atom. The summed E-state index contributed by atoms with van der Waals surface area (Å²) >= 11 is 0. The summed E-state index contributed by atoms with van der Waals surface area (Å²) in [6, 6.07) is 10.5. The van der Waals surface area contributed by atoms with Crippen molar-refractivity contribution < 1.29 is 13.2 Å². The summed E-state index contributed by atoms with van der Waals surface area (Å²) in [6.07, 6.45) is 0.158. The molecule has 0 unspecified atom stereocenters. The van der Waals surface area contributed by atoms with E-state index in [0.717, 1.165) is 11.6 Å². The predicted molar refractivity (Wildman–Crippen MR) is 82.2 cm³/mol. The minimum atomic E-state index is -4.43. The molecule has 23 heavy (non-hydrogen) atoms. The fourth-order valence-electron chi connectivity index (χ4n) is 2.06. The van der Waals surface area contributed by atoms with Gasteiger partial charge in [-0.2, -0.15) is 18.3 Å². The molecule has 0 amide bonds. The van der Waals surface area contributed by atoms with Gasteiger partial charge in [-0.1, -0.05) is 18.2 Å². The molecule has 0 fully saturated rings. The van der Waals surface area contributed by atoms with Crippen molar-refractivity contribution in [3.8, 4) is 0 Å². The lowest BCUT2D eigenvalue weighted by atomic mass is 10.2. The van der Waals surface area contributed by atoms with Crippen LogP contribution < -0.4 is 5.43 Å². The summed E-state index contributed by atoms with van der Waals surface area (Å²) in [5.41, 5.74) is 3.69. The maximum Gasteiger partial charge on any atom is 0.418 e. The standard InChI is InChI=1S/C16H11F3N4/c17-16(18,19)12-3-1-2-4-13(12)23-22-10-11-5-6-14-15(9-11)21-8-7-20-14/h1-10,23H. The summed E-state index contributed by atoms with van der Waals surface area (Å²) in [7, 11) is 0. The average Bonchev–Trinajstić information content (AvgIpc) is 2.54. The van der Waals surface area contributed by atoms with Crippen LogP contribution in [0.4, 0.5) is 18.9 Å². The van der Waals surface area contributed by atoms with Gasteiger partial charge in [0.1, 0.15) is 0 Å². The summed E-state index contributed by atoms with van der Waals surface area (Å²) in [5, 5.41) is 3.87. The number of nitrogens with zero attached hydrogens (tertiary/aromatic N) is 3. The Bertz CT molecular complexity index is 859. The van der Waals surface area contributed by atoms with Crippen molar-refractivity contribution in [2.45, 2.75) is 6.18 Å². The number of alkyl halides is 3. The maximum absolute atomic E-state index is 12.9. The van der Waals surface area contributed by atoms with Gasteiger partial charge in [-0.3, -0.25) is 15.4 Å². The van der Waals surface area contributed by atoms with Gasteiger partial charge in [0.05, 0.1) is 28.5 Å². The van der Waals surface area contributed by atoms with E-state index in [1.54, 1.807) is 30.6 Å². The van der Waals surface area contributed by atoms with Crippen LogP contribution in [0.3, 0.4) is 0 Å². The van der Waals surface area contributed by atoms with E-state index in [9.17, 15) is 13.2 Å². The smallest absolute Gasteiger partial charge is 0.278 e. The van der Waals surface area contributed by atoms with Gasteiger partial charge in [-0.05, 0) is 29.8 Å². The van der Waals surface area contributed by atoms with Crippen LogP contribution in [0.1, 0.15) is 11.1 Å². The van der Waals surface area contributed by atoms with E-state index in [4.69, 9.17) is 0 Å². The molecule has 0 radical (unpaired) electrons. The highest BCUT2D eigenvalue weighted by atomic mass is 19.4. The lowest BCUT2D eigenvalue weighted by Crippen LogP contribution is -2.08. The molecule has 3 rings (SSSR count). The molecular weight excluding hydrogens is 305 g/mol. The highest BCUT2D eigenvalue weighted by molar-refractivity contribution is 5.87. The normalized spacial score (nSPS) is 12.0. The molecule has 1 N–H and O–H groups in total. The molecule has 0 aliphatic carbocycles. The van der Waals surface area contributed by atoms with Crippen molar-refractivity contribution in [2.24, 2.45) is 5.10 Å². The second kappa shape index (κ2) is 6.04. The summed E-state index contributed by atoms with van der Waals surface area (Å²) in [6.45, 7) is 0. The topological polar surface area (TPSA) is 50.2 Å². The molecule has 7 heteroatoms. The molecule has 0 saturated heterocycles. The number of hydrogen-bond donors (Lipinski definition) is 1. The molecule has 0 aliphatic heterocycles. The molecular formula is C16H11F3N4. The van der Waals surface area contributed by atoms with Gasteiger partial charge < -0.3 is 0 Å². The molecule has 0 saturated carbocycles. The molecule has 1 heterocycles. The number of rotatable bonds is 3. The van der Waals surface area contributed by atoms with E-state index >= 15 is 0 Å². The Balaban J connectivity index is 1.81. The molecule has 2 aromatic carbocycles.